The average molecular weight is 338 g/mol. The molecule has 0 atom stereocenters. The Morgan fingerprint density at radius 3 is 2.52 bits per heavy atom. The zero-order valence-electron chi connectivity index (χ0n) is 14.4. The highest BCUT2D eigenvalue weighted by molar-refractivity contribution is 5.74. The number of aliphatic hydroxyl groups excluding tert-OH is 1. The number of nitrogen functional groups attached to an aromatic ring is 1. The smallest absolute Gasteiger partial charge is 0.146 e. The molecule has 25 heavy (non-hydrogen) atoms. The van der Waals surface area contributed by atoms with Crippen molar-refractivity contribution in [1.29, 1.82) is 0 Å². The Kier molecular flexibility index (Phi) is 5.00. The molecule has 3 aromatic rings. The summed E-state index contributed by atoms with van der Waals surface area (Å²) in [4.78, 5) is 4.29. The molecule has 0 aliphatic carbocycles. The normalized spacial score (nSPS) is 10.8. The van der Waals surface area contributed by atoms with E-state index in [1.807, 2.05) is 44.2 Å². The third kappa shape index (κ3) is 3.80. The molecule has 0 saturated heterocycles. The van der Waals surface area contributed by atoms with Gasteiger partial charge in [0.15, 0.2) is 0 Å². The second-order valence-electron chi connectivity index (χ2n) is 6.00. The molecule has 2 heterocycles. The highest BCUT2D eigenvalue weighted by atomic mass is 16.5. The number of aliphatic hydroxyl groups is 1. The minimum absolute atomic E-state index is 0.161. The summed E-state index contributed by atoms with van der Waals surface area (Å²) in [5, 5.41) is 16.3. The summed E-state index contributed by atoms with van der Waals surface area (Å²) in [5.41, 5.74) is 11.7. The van der Waals surface area contributed by atoms with Crippen LogP contribution in [-0.4, -0.2) is 21.9 Å². The molecule has 1 aromatic carbocycles. The molecule has 4 N–H and O–H groups in total. The minimum Gasteiger partial charge on any atom is -0.396 e. The largest absolute Gasteiger partial charge is 0.396 e. The summed E-state index contributed by atoms with van der Waals surface area (Å²) in [6.45, 7) is 4.58. The highest BCUT2D eigenvalue weighted by Gasteiger charge is 2.13. The van der Waals surface area contributed by atoms with Crippen LogP contribution in [0.2, 0.25) is 0 Å². The van der Waals surface area contributed by atoms with Crippen LogP contribution < -0.4 is 11.1 Å². The molecular weight excluding hydrogens is 316 g/mol. The predicted molar refractivity (Wildman–Crippen MR) is 98.2 cm³/mol. The first-order valence-corrected chi connectivity index (χ1v) is 8.20. The lowest BCUT2D eigenvalue weighted by Gasteiger charge is -2.11. The van der Waals surface area contributed by atoms with Crippen LogP contribution in [0.15, 0.2) is 41.1 Å². The van der Waals surface area contributed by atoms with Crippen LogP contribution in [0.5, 0.6) is 0 Å². The lowest BCUT2D eigenvalue weighted by Crippen LogP contribution is -2.04. The molecule has 130 valence electrons. The van der Waals surface area contributed by atoms with Gasteiger partial charge in [-0.1, -0.05) is 29.4 Å². The van der Waals surface area contributed by atoms with Crippen molar-refractivity contribution in [3.8, 4) is 11.1 Å². The molecule has 6 heteroatoms. The number of aryl methyl sites for hydroxylation is 2. The maximum atomic E-state index is 8.97. The summed E-state index contributed by atoms with van der Waals surface area (Å²) in [7, 11) is 0. The fourth-order valence-corrected chi connectivity index (χ4v) is 2.80. The maximum Gasteiger partial charge on any atom is 0.146 e. The molecule has 6 nitrogen and oxygen atoms in total. The van der Waals surface area contributed by atoms with Crippen molar-refractivity contribution in [3.05, 3.63) is 59.1 Å². The Bertz CT molecular complexity index is 837. The molecule has 0 aliphatic rings. The number of nitrogens with two attached hydrogens (primary N) is 1. The second-order valence-corrected chi connectivity index (χ2v) is 6.00. The Morgan fingerprint density at radius 1 is 1.16 bits per heavy atom. The number of hydrogen-bond acceptors (Lipinski definition) is 6. The number of aromatic nitrogens is 2. The maximum absolute atomic E-state index is 8.97. The number of pyridine rings is 1. The quantitative estimate of drug-likeness (QED) is 0.639. The third-order valence-electron chi connectivity index (χ3n) is 4.15. The lowest BCUT2D eigenvalue weighted by atomic mass is 10.1. The minimum atomic E-state index is 0.161. The zero-order chi connectivity index (χ0) is 17.8. The summed E-state index contributed by atoms with van der Waals surface area (Å²) in [5.74, 6) is 1.21. The van der Waals surface area contributed by atoms with Gasteiger partial charge in [-0.2, -0.15) is 0 Å². The van der Waals surface area contributed by atoms with Crippen molar-refractivity contribution in [2.45, 2.75) is 26.8 Å². The van der Waals surface area contributed by atoms with E-state index in [-0.39, 0.29) is 6.61 Å². The second kappa shape index (κ2) is 7.36. The van der Waals surface area contributed by atoms with Crippen molar-refractivity contribution in [2.24, 2.45) is 0 Å². The Hall–Kier alpha value is -2.86. The number of hydrogen-bond donors (Lipinski definition) is 3. The molecule has 0 aliphatic heterocycles. The lowest BCUT2D eigenvalue weighted by molar-refractivity contribution is 0.299. The van der Waals surface area contributed by atoms with Gasteiger partial charge in [0.05, 0.1) is 11.4 Å². The first kappa shape index (κ1) is 17.0. The van der Waals surface area contributed by atoms with E-state index < -0.39 is 0 Å². The number of nitrogens with one attached hydrogen (secondary N) is 1. The Labute approximate surface area is 146 Å². The van der Waals surface area contributed by atoms with Crippen molar-refractivity contribution < 1.29 is 9.63 Å². The molecule has 0 amide bonds. The van der Waals surface area contributed by atoms with Gasteiger partial charge in [0.1, 0.15) is 11.6 Å². The molecule has 0 unspecified atom stereocenters. The molecule has 0 bridgehead atoms. The standard InChI is InChI=1S/C19H22N4O2/c1-12-18(13(2)25-23-12)16-9-17(19(20)22-11-16)21-10-15-5-3-14(4-6-15)7-8-24/h3-6,9,11,21,24H,7-8,10H2,1-2H3,(H2,20,22). The van der Waals surface area contributed by atoms with Crippen molar-refractivity contribution in [2.75, 3.05) is 17.7 Å². The van der Waals surface area contributed by atoms with Gasteiger partial charge in [-0.3, -0.25) is 0 Å². The van der Waals surface area contributed by atoms with Gasteiger partial charge in [-0.05, 0) is 37.5 Å². The summed E-state index contributed by atoms with van der Waals surface area (Å²) < 4.78 is 5.23. The van der Waals surface area contributed by atoms with E-state index in [0.29, 0.717) is 18.8 Å². The molecule has 0 saturated carbocycles. The number of rotatable bonds is 6. The number of nitrogens with zero attached hydrogens (tertiary/aromatic N) is 2. The average Bonchev–Trinajstić information content (AvgIpc) is 2.95. The van der Waals surface area contributed by atoms with E-state index in [2.05, 4.69) is 15.5 Å². The highest BCUT2D eigenvalue weighted by Crippen LogP contribution is 2.30. The van der Waals surface area contributed by atoms with Crippen LogP contribution in [0, 0.1) is 13.8 Å². The van der Waals surface area contributed by atoms with Gasteiger partial charge in [0, 0.05) is 30.5 Å². The van der Waals surface area contributed by atoms with Crippen LogP contribution in [0.25, 0.3) is 11.1 Å². The summed E-state index contributed by atoms with van der Waals surface area (Å²) >= 11 is 0. The van der Waals surface area contributed by atoms with E-state index in [1.165, 1.54) is 0 Å². The van der Waals surface area contributed by atoms with Gasteiger partial charge in [0.2, 0.25) is 0 Å². The van der Waals surface area contributed by atoms with Gasteiger partial charge in [-0.15, -0.1) is 0 Å². The van der Waals surface area contributed by atoms with Crippen LogP contribution in [-0.2, 0) is 13.0 Å². The fraction of sp³-hybridized carbons (Fsp3) is 0.263. The first-order valence-electron chi connectivity index (χ1n) is 8.20. The van der Waals surface area contributed by atoms with Gasteiger partial charge in [0.25, 0.3) is 0 Å². The van der Waals surface area contributed by atoms with Crippen LogP contribution in [0.4, 0.5) is 11.5 Å². The topological polar surface area (TPSA) is 97.2 Å². The molecular formula is C19H22N4O2. The zero-order valence-corrected chi connectivity index (χ0v) is 14.4. The number of anilines is 2. The summed E-state index contributed by atoms with van der Waals surface area (Å²) in [6, 6.07) is 10.1. The van der Waals surface area contributed by atoms with Crippen molar-refractivity contribution in [3.63, 3.8) is 0 Å². The van der Waals surface area contributed by atoms with Gasteiger partial charge >= 0.3 is 0 Å². The van der Waals surface area contributed by atoms with E-state index in [0.717, 1.165) is 39.4 Å². The van der Waals surface area contributed by atoms with Gasteiger partial charge < -0.3 is 20.7 Å². The van der Waals surface area contributed by atoms with Crippen LogP contribution in [0.3, 0.4) is 0 Å². The monoisotopic (exact) mass is 338 g/mol. The first-order chi connectivity index (χ1) is 12.1. The van der Waals surface area contributed by atoms with E-state index >= 15 is 0 Å². The van der Waals surface area contributed by atoms with Gasteiger partial charge in [-0.25, -0.2) is 4.98 Å². The molecule has 0 radical (unpaired) electrons. The molecule has 3 rings (SSSR count). The van der Waals surface area contributed by atoms with Crippen LogP contribution in [0.1, 0.15) is 22.6 Å². The van der Waals surface area contributed by atoms with Crippen LogP contribution >= 0.6 is 0 Å². The Morgan fingerprint density at radius 2 is 1.88 bits per heavy atom. The van der Waals surface area contributed by atoms with E-state index in [4.69, 9.17) is 15.4 Å². The third-order valence-corrected chi connectivity index (χ3v) is 4.15. The number of benzene rings is 1. The van der Waals surface area contributed by atoms with Crippen molar-refractivity contribution >= 4 is 11.5 Å². The summed E-state index contributed by atoms with van der Waals surface area (Å²) in [6.07, 6.45) is 2.40. The Balaban J connectivity index is 1.77. The van der Waals surface area contributed by atoms with E-state index in [1.54, 1.807) is 6.20 Å². The van der Waals surface area contributed by atoms with Crippen molar-refractivity contribution in [1.82, 2.24) is 10.1 Å². The molecule has 2 aromatic heterocycles. The predicted octanol–water partition coefficient (Wildman–Crippen LogP) is 3.08. The molecule has 0 fully saturated rings. The fourth-order valence-electron chi connectivity index (χ4n) is 2.80. The van der Waals surface area contributed by atoms with E-state index in [9.17, 15) is 0 Å². The molecule has 0 spiro atoms. The SMILES string of the molecule is Cc1noc(C)c1-c1cnc(N)c(NCc2ccc(CCO)cc2)c1.